The number of nitrogens with one attached hydrogen (secondary N) is 1. The Kier molecular flexibility index (Phi) is 4.03. The van der Waals surface area contributed by atoms with Crippen molar-refractivity contribution in [2.75, 3.05) is 13.1 Å². The average molecular weight is 382 g/mol. The molecule has 0 saturated carbocycles. The third-order valence-corrected chi connectivity index (χ3v) is 6.13. The summed E-state index contributed by atoms with van der Waals surface area (Å²) < 4.78 is 28.8. The Labute approximate surface area is 161 Å². The Bertz CT molecular complexity index is 1010. The quantitative estimate of drug-likeness (QED) is 0.716. The summed E-state index contributed by atoms with van der Waals surface area (Å²) in [5, 5.41) is 23.0. The summed E-state index contributed by atoms with van der Waals surface area (Å²) in [6, 6.07) is 11.0. The number of aliphatic hydroxyl groups excluding tert-OH is 1. The maximum absolute atomic E-state index is 13.6. The minimum Gasteiger partial charge on any atom is -0.390 e. The molecule has 1 aliphatic carbocycles. The van der Waals surface area contributed by atoms with Gasteiger partial charge in [0.2, 0.25) is 0 Å². The maximum Gasteiger partial charge on any atom is 0.126 e. The summed E-state index contributed by atoms with van der Waals surface area (Å²) in [5.41, 5.74) is 2.56. The van der Waals surface area contributed by atoms with Crippen LogP contribution in [0.15, 0.2) is 48.7 Å². The molecule has 3 aromatic rings. The van der Waals surface area contributed by atoms with Crippen LogP contribution in [0.4, 0.5) is 8.78 Å². The van der Waals surface area contributed by atoms with Crippen molar-refractivity contribution in [3.05, 3.63) is 71.4 Å². The van der Waals surface area contributed by atoms with Gasteiger partial charge in [0.25, 0.3) is 0 Å². The van der Waals surface area contributed by atoms with Crippen LogP contribution in [0.1, 0.15) is 30.0 Å². The minimum absolute atomic E-state index is 0.316. The smallest absolute Gasteiger partial charge is 0.126 e. The van der Waals surface area contributed by atoms with E-state index in [-0.39, 0.29) is 11.5 Å². The normalized spacial score (nSPS) is 23.1. The van der Waals surface area contributed by atoms with E-state index in [4.69, 9.17) is 0 Å². The number of nitrogens with zero attached hydrogens (tertiary/aromatic N) is 3. The van der Waals surface area contributed by atoms with Gasteiger partial charge in [-0.25, -0.2) is 13.5 Å². The van der Waals surface area contributed by atoms with Gasteiger partial charge >= 0.3 is 0 Å². The molecule has 1 fully saturated rings. The van der Waals surface area contributed by atoms with Gasteiger partial charge in [0.1, 0.15) is 23.4 Å². The average Bonchev–Trinajstić information content (AvgIpc) is 3.25. The van der Waals surface area contributed by atoms with E-state index in [1.165, 1.54) is 12.1 Å². The van der Waals surface area contributed by atoms with E-state index in [0.29, 0.717) is 11.3 Å². The zero-order valence-corrected chi connectivity index (χ0v) is 15.1. The molecule has 2 heterocycles. The first kappa shape index (κ1) is 17.5. The summed E-state index contributed by atoms with van der Waals surface area (Å²) in [6.45, 7) is 1.70. The zero-order valence-electron chi connectivity index (χ0n) is 15.1. The van der Waals surface area contributed by atoms with Crippen molar-refractivity contribution in [1.82, 2.24) is 20.3 Å². The van der Waals surface area contributed by atoms with Gasteiger partial charge in [0, 0.05) is 17.0 Å². The van der Waals surface area contributed by atoms with Crippen LogP contribution in [0.2, 0.25) is 0 Å². The first-order chi connectivity index (χ1) is 13.6. The minimum atomic E-state index is -0.663. The van der Waals surface area contributed by atoms with E-state index >= 15 is 0 Å². The van der Waals surface area contributed by atoms with E-state index in [1.807, 2.05) is 18.2 Å². The molecule has 1 spiro atoms. The number of hydrogen-bond acceptors (Lipinski definition) is 4. The molecule has 1 saturated heterocycles. The van der Waals surface area contributed by atoms with E-state index in [2.05, 4.69) is 21.7 Å². The largest absolute Gasteiger partial charge is 0.390 e. The fraction of sp³-hybridized carbons (Fsp3) is 0.333. The topological polar surface area (TPSA) is 63.0 Å². The van der Waals surface area contributed by atoms with Crippen molar-refractivity contribution in [3.8, 4) is 11.3 Å². The number of hydrogen-bond donors (Lipinski definition) is 2. The molecule has 0 amide bonds. The van der Waals surface area contributed by atoms with Gasteiger partial charge < -0.3 is 10.4 Å². The molecule has 2 aliphatic rings. The lowest BCUT2D eigenvalue weighted by Crippen LogP contribution is -2.47. The monoisotopic (exact) mass is 382 g/mol. The van der Waals surface area contributed by atoms with Gasteiger partial charge in [-0.1, -0.05) is 29.5 Å². The predicted octanol–water partition coefficient (Wildman–Crippen LogP) is 2.81. The van der Waals surface area contributed by atoms with Gasteiger partial charge in [0.15, 0.2) is 0 Å². The molecule has 0 unspecified atom stereocenters. The lowest BCUT2D eigenvalue weighted by atomic mass is 9.72. The highest BCUT2D eigenvalue weighted by atomic mass is 19.1. The van der Waals surface area contributed by atoms with E-state index in [0.717, 1.165) is 43.1 Å². The first-order valence-electron chi connectivity index (χ1n) is 9.45. The number of rotatable bonds is 2. The summed E-state index contributed by atoms with van der Waals surface area (Å²) in [7, 11) is 0. The fourth-order valence-corrected chi connectivity index (χ4v) is 4.81. The standard InChI is InChI=1S/C21H20F2N4O/c22-14-9-13(10-15(23)11-14)18-12-27(26-25-18)19-16-3-1-2-4-17(16)21(20(19)28)5-7-24-8-6-21/h1-4,9-12,19-20,24,28H,5-8H2/t19-,20+/m1/s1. The molecule has 2 atom stereocenters. The van der Waals surface area contributed by atoms with Crippen molar-refractivity contribution in [2.24, 2.45) is 0 Å². The molecule has 0 radical (unpaired) electrons. The number of piperidine rings is 1. The molecule has 1 aromatic heterocycles. The van der Waals surface area contributed by atoms with E-state index in [9.17, 15) is 13.9 Å². The Balaban J connectivity index is 1.58. The maximum atomic E-state index is 13.6. The summed E-state index contributed by atoms with van der Waals surface area (Å²) >= 11 is 0. The second kappa shape index (κ2) is 6.46. The third-order valence-electron chi connectivity index (χ3n) is 6.13. The highest BCUT2D eigenvalue weighted by Crippen LogP contribution is 2.51. The summed E-state index contributed by atoms with van der Waals surface area (Å²) in [4.78, 5) is 0. The van der Waals surface area contributed by atoms with Gasteiger partial charge in [-0.2, -0.15) is 0 Å². The predicted molar refractivity (Wildman–Crippen MR) is 99.7 cm³/mol. The second-order valence-corrected chi connectivity index (χ2v) is 7.62. The second-order valence-electron chi connectivity index (χ2n) is 7.62. The van der Waals surface area contributed by atoms with Crippen LogP contribution in [0.25, 0.3) is 11.3 Å². The van der Waals surface area contributed by atoms with Crippen LogP contribution >= 0.6 is 0 Å². The van der Waals surface area contributed by atoms with Crippen LogP contribution in [0.5, 0.6) is 0 Å². The number of benzene rings is 2. The highest BCUT2D eigenvalue weighted by Gasteiger charge is 2.52. The molecule has 144 valence electrons. The van der Waals surface area contributed by atoms with Crippen LogP contribution in [0, 0.1) is 11.6 Å². The molecule has 2 aromatic carbocycles. The van der Waals surface area contributed by atoms with Gasteiger partial charge in [-0.3, -0.25) is 0 Å². The number of aliphatic hydroxyl groups is 1. The van der Waals surface area contributed by atoms with Crippen molar-refractivity contribution < 1.29 is 13.9 Å². The number of aromatic nitrogens is 3. The SMILES string of the molecule is O[C@H]1[C@H](n2cc(-c3cc(F)cc(F)c3)nn2)c2ccccc2C12CCNCC2. The van der Waals surface area contributed by atoms with Crippen LogP contribution in [0.3, 0.4) is 0 Å². The number of fused-ring (bicyclic) bond motifs is 2. The summed E-state index contributed by atoms with van der Waals surface area (Å²) in [6.07, 6.45) is 2.70. The van der Waals surface area contributed by atoms with Crippen molar-refractivity contribution in [2.45, 2.75) is 30.4 Å². The van der Waals surface area contributed by atoms with Gasteiger partial charge in [0.05, 0.1) is 12.3 Å². The van der Waals surface area contributed by atoms with Crippen molar-refractivity contribution in [3.63, 3.8) is 0 Å². The molecule has 5 rings (SSSR count). The lowest BCUT2D eigenvalue weighted by molar-refractivity contribution is 0.0421. The van der Waals surface area contributed by atoms with E-state index < -0.39 is 17.7 Å². The Hall–Kier alpha value is -2.64. The molecular weight excluding hydrogens is 362 g/mol. The molecule has 2 N–H and O–H groups in total. The van der Waals surface area contributed by atoms with Crippen LogP contribution in [-0.4, -0.2) is 39.3 Å². The van der Waals surface area contributed by atoms with Crippen LogP contribution in [-0.2, 0) is 5.41 Å². The van der Waals surface area contributed by atoms with Gasteiger partial charge in [-0.05, 0) is 49.2 Å². The first-order valence-corrected chi connectivity index (χ1v) is 9.45. The zero-order chi connectivity index (χ0) is 19.3. The Morgan fingerprint density at radius 1 is 1.07 bits per heavy atom. The van der Waals surface area contributed by atoms with Gasteiger partial charge in [-0.15, -0.1) is 5.10 Å². The fourth-order valence-electron chi connectivity index (χ4n) is 4.81. The van der Waals surface area contributed by atoms with E-state index in [1.54, 1.807) is 10.9 Å². The third kappa shape index (κ3) is 2.57. The molecule has 5 nitrogen and oxygen atoms in total. The molecule has 28 heavy (non-hydrogen) atoms. The highest BCUT2D eigenvalue weighted by molar-refractivity contribution is 5.58. The number of halogens is 2. The Morgan fingerprint density at radius 3 is 2.54 bits per heavy atom. The van der Waals surface area contributed by atoms with Crippen molar-refractivity contribution in [1.29, 1.82) is 0 Å². The molecular formula is C21H20F2N4O. The molecule has 1 aliphatic heterocycles. The molecule has 0 bridgehead atoms. The van der Waals surface area contributed by atoms with Crippen LogP contribution < -0.4 is 5.32 Å². The van der Waals surface area contributed by atoms with Crippen molar-refractivity contribution >= 4 is 0 Å². The summed E-state index contributed by atoms with van der Waals surface area (Å²) in [5.74, 6) is -1.33. The Morgan fingerprint density at radius 2 is 1.79 bits per heavy atom. The molecule has 7 heteroatoms. The lowest BCUT2D eigenvalue weighted by Gasteiger charge is -2.38.